The first-order chi connectivity index (χ1) is 7.19. The minimum Gasteiger partial charge on any atom is -0.456 e. The summed E-state index contributed by atoms with van der Waals surface area (Å²) in [5.41, 5.74) is 0. The maximum atomic E-state index is 11.9. The van der Waals surface area contributed by atoms with Crippen molar-refractivity contribution in [2.45, 2.75) is 20.3 Å². The molecule has 1 aromatic rings. The average molecular weight is 274 g/mol. The second-order valence-electron chi connectivity index (χ2n) is 3.34. The van der Waals surface area contributed by atoms with Crippen LogP contribution >= 0.6 is 15.9 Å². The zero-order valence-corrected chi connectivity index (χ0v) is 10.7. The van der Waals surface area contributed by atoms with E-state index >= 15 is 0 Å². The Balaban J connectivity index is 2.64. The number of nitrogens with zero attached hydrogens (tertiary/aromatic N) is 1. The summed E-state index contributed by atoms with van der Waals surface area (Å²) in [6, 6.07) is 3.54. The van der Waals surface area contributed by atoms with Gasteiger partial charge in [0.15, 0.2) is 5.76 Å². The average Bonchev–Trinajstić information content (AvgIpc) is 2.65. The van der Waals surface area contributed by atoms with Crippen molar-refractivity contribution in [3.63, 3.8) is 0 Å². The predicted molar refractivity (Wildman–Crippen MR) is 63.4 cm³/mol. The third-order valence-electron chi connectivity index (χ3n) is 2.18. The van der Waals surface area contributed by atoms with Gasteiger partial charge in [0, 0.05) is 18.4 Å². The highest BCUT2D eigenvalue weighted by molar-refractivity contribution is 9.09. The van der Waals surface area contributed by atoms with Gasteiger partial charge in [0.25, 0.3) is 5.91 Å². The Labute approximate surface area is 98.6 Å². The molecule has 0 fully saturated rings. The summed E-state index contributed by atoms with van der Waals surface area (Å²) >= 11 is 3.36. The molecule has 84 valence electrons. The largest absolute Gasteiger partial charge is 0.456 e. The molecule has 0 unspecified atom stereocenters. The van der Waals surface area contributed by atoms with Gasteiger partial charge in [-0.1, -0.05) is 15.9 Å². The lowest BCUT2D eigenvalue weighted by Crippen LogP contribution is -2.31. The topological polar surface area (TPSA) is 33.5 Å². The zero-order chi connectivity index (χ0) is 11.3. The Hall–Kier alpha value is -0.770. The van der Waals surface area contributed by atoms with E-state index in [1.807, 2.05) is 19.9 Å². The molecule has 15 heavy (non-hydrogen) atoms. The van der Waals surface area contributed by atoms with E-state index in [0.29, 0.717) is 12.3 Å². The standard InChI is InChI=1S/C11H16BrNO2/c1-3-13(8-4-7-12)11(14)10-6-5-9(2)15-10/h5-6H,3-4,7-8H2,1-2H3. The number of hydrogen-bond acceptors (Lipinski definition) is 2. The van der Waals surface area contributed by atoms with Gasteiger partial charge in [0.2, 0.25) is 0 Å². The van der Waals surface area contributed by atoms with Gasteiger partial charge in [0.05, 0.1) is 0 Å². The maximum absolute atomic E-state index is 11.9. The van der Waals surface area contributed by atoms with Crippen LogP contribution in [0.1, 0.15) is 29.7 Å². The summed E-state index contributed by atoms with van der Waals surface area (Å²) < 4.78 is 5.31. The van der Waals surface area contributed by atoms with Crippen molar-refractivity contribution in [2.24, 2.45) is 0 Å². The maximum Gasteiger partial charge on any atom is 0.289 e. The van der Waals surface area contributed by atoms with Crippen molar-refractivity contribution in [3.8, 4) is 0 Å². The third kappa shape index (κ3) is 3.38. The molecule has 0 bridgehead atoms. The number of alkyl halides is 1. The highest BCUT2D eigenvalue weighted by Gasteiger charge is 2.16. The van der Waals surface area contributed by atoms with Crippen molar-refractivity contribution in [1.82, 2.24) is 4.90 Å². The molecule has 0 radical (unpaired) electrons. The normalized spacial score (nSPS) is 10.3. The van der Waals surface area contributed by atoms with E-state index in [9.17, 15) is 4.79 Å². The smallest absolute Gasteiger partial charge is 0.289 e. The highest BCUT2D eigenvalue weighted by Crippen LogP contribution is 2.10. The molecule has 0 atom stereocenters. The van der Waals surface area contributed by atoms with Crippen LogP contribution in [0.2, 0.25) is 0 Å². The Morgan fingerprint density at radius 3 is 2.73 bits per heavy atom. The van der Waals surface area contributed by atoms with Crippen LogP contribution in [-0.2, 0) is 0 Å². The monoisotopic (exact) mass is 273 g/mol. The minimum atomic E-state index is -0.0217. The summed E-state index contributed by atoms with van der Waals surface area (Å²) in [5, 5.41) is 0.911. The molecule has 0 saturated carbocycles. The van der Waals surface area contributed by atoms with E-state index in [1.54, 1.807) is 11.0 Å². The molecule has 1 heterocycles. The van der Waals surface area contributed by atoms with Crippen LogP contribution < -0.4 is 0 Å². The third-order valence-corrected chi connectivity index (χ3v) is 2.74. The van der Waals surface area contributed by atoms with Crippen LogP contribution in [0.4, 0.5) is 0 Å². The van der Waals surface area contributed by atoms with Crippen LogP contribution in [0.15, 0.2) is 16.5 Å². The number of carbonyl (C=O) groups excluding carboxylic acids is 1. The second-order valence-corrected chi connectivity index (χ2v) is 4.13. The van der Waals surface area contributed by atoms with Crippen LogP contribution in [0, 0.1) is 6.92 Å². The lowest BCUT2D eigenvalue weighted by molar-refractivity contribution is 0.0731. The molecule has 0 saturated heterocycles. The van der Waals surface area contributed by atoms with Crippen molar-refractivity contribution in [2.75, 3.05) is 18.4 Å². The molecular formula is C11H16BrNO2. The summed E-state index contributed by atoms with van der Waals surface area (Å²) in [5.74, 6) is 1.19. The fourth-order valence-electron chi connectivity index (χ4n) is 1.36. The number of halogens is 1. The molecule has 0 aliphatic heterocycles. The molecule has 0 aromatic carbocycles. The molecule has 0 aliphatic carbocycles. The number of carbonyl (C=O) groups is 1. The Bertz CT molecular complexity index is 322. The summed E-state index contributed by atoms with van der Waals surface area (Å²) in [7, 11) is 0. The first kappa shape index (κ1) is 12.3. The van der Waals surface area contributed by atoms with Gasteiger partial charge in [-0.3, -0.25) is 4.79 Å². The molecule has 0 N–H and O–H groups in total. The molecule has 0 spiro atoms. The molecule has 0 aliphatic rings. The molecule has 1 aromatic heterocycles. The second kappa shape index (κ2) is 5.95. The van der Waals surface area contributed by atoms with Crippen LogP contribution in [0.3, 0.4) is 0 Å². The van der Waals surface area contributed by atoms with Crippen molar-refractivity contribution >= 4 is 21.8 Å². The SMILES string of the molecule is CCN(CCCBr)C(=O)c1ccc(C)o1. The Morgan fingerprint density at radius 2 is 2.27 bits per heavy atom. The zero-order valence-electron chi connectivity index (χ0n) is 9.12. The van der Waals surface area contributed by atoms with E-state index in [2.05, 4.69) is 15.9 Å². The molecule has 1 rings (SSSR count). The van der Waals surface area contributed by atoms with E-state index in [0.717, 1.165) is 24.1 Å². The number of aryl methyl sites for hydroxylation is 1. The minimum absolute atomic E-state index is 0.0217. The van der Waals surface area contributed by atoms with E-state index in [4.69, 9.17) is 4.42 Å². The van der Waals surface area contributed by atoms with Crippen molar-refractivity contribution in [1.29, 1.82) is 0 Å². The van der Waals surface area contributed by atoms with Crippen LogP contribution in [0.5, 0.6) is 0 Å². The summed E-state index contributed by atoms with van der Waals surface area (Å²) in [6.07, 6.45) is 0.958. The van der Waals surface area contributed by atoms with Gasteiger partial charge in [-0.05, 0) is 32.4 Å². The number of hydrogen-bond donors (Lipinski definition) is 0. The first-order valence-corrected chi connectivity index (χ1v) is 6.22. The highest BCUT2D eigenvalue weighted by atomic mass is 79.9. The van der Waals surface area contributed by atoms with E-state index in [1.165, 1.54) is 0 Å². The summed E-state index contributed by atoms with van der Waals surface area (Å²) in [6.45, 7) is 5.29. The molecular weight excluding hydrogens is 258 g/mol. The number of furan rings is 1. The number of rotatable bonds is 5. The predicted octanol–water partition coefficient (Wildman–Crippen LogP) is 2.84. The first-order valence-electron chi connectivity index (χ1n) is 5.10. The van der Waals surface area contributed by atoms with Gasteiger partial charge in [-0.25, -0.2) is 0 Å². The fourth-order valence-corrected chi connectivity index (χ4v) is 1.61. The summed E-state index contributed by atoms with van der Waals surface area (Å²) in [4.78, 5) is 13.7. The van der Waals surface area contributed by atoms with Crippen LogP contribution in [0.25, 0.3) is 0 Å². The van der Waals surface area contributed by atoms with Gasteiger partial charge >= 0.3 is 0 Å². The van der Waals surface area contributed by atoms with Gasteiger partial charge in [-0.15, -0.1) is 0 Å². The number of amides is 1. The quantitative estimate of drug-likeness (QED) is 0.773. The molecule has 4 heteroatoms. The lowest BCUT2D eigenvalue weighted by atomic mass is 10.3. The molecule has 3 nitrogen and oxygen atoms in total. The van der Waals surface area contributed by atoms with Gasteiger partial charge < -0.3 is 9.32 Å². The van der Waals surface area contributed by atoms with E-state index < -0.39 is 0 Å². The Morgan fingerprint density at radius 1 is 1.53 bits per heavy atom. The van der Waals surface area contributed by atoms with Crippen molar-refractivity contribution < 1.29 is 9.21 Å². The van der Waals surface area contributed by atoms with Gasteiger partial charge in [0.1, 0.15) is 5.76 Å². The van der Waals surface area contributed by atoms with Gasteiger partial charge in [-0.2, -0.15) is 0 Å². The lowest BCUT2D eigenvalue weighted by Gasteiger charge is -2.18. The Kier molecular flexibility index (Phi) is 4.88. The van der Waals surface area contributed by atoms with E-state index in [-0.39, 0.29) is 5.91 Å². The van der Waals surface area contributed by atoms with Crippen molar-refractivity contribution in [3.05, 3.63) is 23.7 Å². The molecule has 1 amide bonds. The van der Waals surface area contributed by atoms with Crippen LogP contribution in [-0.4, -0.2) is 29.2 Å². The fraction of sp³-hybridized carbons (Fsp3) is 0.545.